The zero-order chi connectivity index (χ0) is 15.0. The van der Waals surface area contributed by atoms with Gasteiger partial charge in [0.15, 0.2) is 0 Å². The topological polar surface area (TPSA) is 49.3 Å². The van der Waals surface area contributed by atoms with Crippen molar-refractivity contribution in [1.29, 1.82) is 0 Å². The second-order valence-corrected chi connectivity index (χ2v) is 5.70. The number of hydrogen-bond donors (Lipinski definition) is 2. The number of carbonyl (C=O) groups is 1. The Balaban J connectivity index is 2.12. The summed E-state index contributed by atoms with van der Waals surface area (Å²) in [7, 11) is 0. The van der Waals surface area contributed by atoms with Crippen LogP contribution < -0.4 is 5.32 Å². The molecule has 2 N–H and O–H groups in total. The van der Waals surface area contributed by atoms with Crippen molar-refractivity contribution >= 4 is 11.6 Å². The standard InChI is InChI=1S/C18H19NO2/c1-11-9-13-7-8-16(20)19-17(13)15(10-11)18(21)14-6-4-3-5-12(14)2/h3-6,9-10,18,21H,7-8H2,1-2H3,(H,19,20). The van der Waals surface area contributed by atoms with Gasteiger partial charge in [0, 0.05) is 12.0 Å². The molecule has 3 rings (SSSR count). The molecule has 0 spiro atoms. The lowest BCUT2D eigenvalue weighted by atomic mass is 9.90. The Hall–Kier alpha value is -2.13. The normalized spacial score (nSPS) is 15.3. The van der Waals surface area contributed by atoms with E-state index in [1.165, 1.54) is 0 Å². The minimum Gasteiger partial charge on any atom is -0.384 e. The average Bonchev–Trinajstić information content (AvgIpc) is 2.47. The summed E-state index contributed by atoms with van der Waals surface area (Å²) >= 11 is 0. The molecule has 0 bridgehead atoms. The SMILES string of the molecule is Cc1cc2c(c(C(O)c3ccccc3C)c1)NC(=O)CC2. The molecule has 0 saturated carbocycles. The largest absolute Gasteiger partial charge is 0.384 e. The highest BCUT2D eigenvalue weighted by Gasteiger charge is 2.23. The van der Waals surface area contributed by atoms with Crippen molar-refractivity contribution in [2.24, 2.45) is 0 Å². The summed E-state index contributed by atoms with van der Waals surface area (Å²) in [6, 6.07) is 11.8. The van der Waals surface area contributed by atoms with Crippen LogP contribution in [-0.2, 0) is 11.2 Å². The van der Waals surface area contributed by atoms with E-state index < -0.39 is 6.10 Å². The van der Waals surface area contributed by atoms with Gasteiger partial charge in [-0.15, -0.1) is 0 Å². The zero-order valence-corrected chi connectivity index (χ0v) is 12.3. The van der Waals surface area contributed by atoms with Crippen molar-refractivity contribution in [3.05, 3.63) is 64.2 Å². The number of aliphatic hydroxyl groups excluding tert-OH is 1. The number of nitrogens with one attached hydrogen (secondary N) is 1. The minimum atomic E-state index is -0.724. The number of aliphatic hydroxyl groups is 1. The molecule has 2 aromatic carbocycles. The van der Waals surface area contributed by atoms with Crippen LogP contribution in [0.5, 0.6) is 0 Å². The maximum atomic E-state index is 11.7. The van der Waals surface area contributed by atoms with Gasteiger partial charge < -0.3 is 10.4 Å². The van der Waals surface area contributed by atoms with Crippen molar-refractivity contribution in [1.82, 2.24) is 0 Å². The molecule has 1 unspecified atom stereocenters. The number of fused-ring (bicyclic) bond motifs is 1. The molecule has 21 heavy (non-hydrogen) atoms. The Labute approximate surface area is 124 Å². The molecule has 1 aliphatic heterocycles. The van der Waals surface area contributed by atoms with Gasteiger partial charge in [-0.25, -0.2) is 0 Å². The lowest BCUT2D eigenvalue weighted by molar-refractivity contribution is -0.116. The molecule has 2 aromatic rings. The third kappa shape index (κ3) is 2.57. The number of anilines is 1. The van der Waals surface area contributed by atoms with E-state index in [4.69, 9.17) is 0 Å². The van der Waals surface area contributed by atoms with Crippen molar-refractivity contribution in [3.63, 3.8) is 0 Å². The van der Waals surface area contributed by atoms with Gasteiger partial charge in [0.1, 0.15) is 6.10 Å². The molecule has 1 aliphatic rings. The lowest BCUT2D eigenvalue weighted by Gasteiger charge is -2.24. The molecule has 3 heteroatoms. The van der Waals surface area contributed by atoms with Gasteiger partial charge in [-0.2, -0.15) is 0 Å². The molecular weight excluding hydrogens is 262 g/mol. The average molecular weight is 281 g/mol. The number of hydrogen-bond acceptors (Lipinski definition) is 2. The van der Waals surface area contributed by atoms with Gasteiger partial charge in [0.05, 0.1) is 5.69 Å². The molecule has 0 saturated heterocycles. The Morgan fingerprint density at radius 1 is 1.10 bits per heavy atom. The fourth-order valence-corrected chi connectivity index (χ4v) is 2.97. The fraction of sp³-hybridized carbons (Fsp3) is 0.278. The first kappa shape index (κ1) is 13.8. The molecule has 0 radical (unpaired) electrons. The smallest absolute Gasteiger partial charge is 0.224 e. The van der Waals surface area contributed by atoms with E-state index in [0.717, 1.165) is 39.9 Å². The predicted molar refractivity (Wildman–Crippen MR) is 83.4 cm³/mol. The summed E-state index contributed by atoms with van der Waals surface area (Å²) in [5, 5.41) is 13.7. The number of rotatable bonds is 2. The number of carbonyl (C=O) groups excluding carboxylic acids is 1. The molecule has 0 aromatic heterocycles. The second-order valence-electron chi connectivity index (χ2n) is 5.70. The maximum absolute atomic E-state index is 11.7. The van der Waals surface area contributed by atoms with E-state index in [9.17, 15) is 9.90 Å². The highest BCUT2D eigenvalue weighted by Crippen LogP contribution is 2.35. The first-order chi connectivity index (χ1) is 10.1. The maximum Gasteiger partial charge on any atom is 0.224 e. The van der Waals surface area contributed by atoms with Crippen LogP contribution in [0.1, 0.15) is 40.3 Å². The molecule has 3 nitrogen and oxygen atoms in total. The van der Waals surface area contributed by atoms with E-state index in [-0.39, 0.29) is 5.91 Å². The van der Waals surface area contributed by atoms with E-state index in [1.807, 2.05) is 44.2 Å². The van der Waals surface area contributed by atoms with Gasteiger partial charge in [-0.1, -0.05) is 42.0 Å². The quantitative estimate of drug-likeness (QED) is 0.887. The Bertz CT molecular complexity index is 706. The Morgan fingerprint density at radius 2 is 1.86 bits per heavy atom. The van der Waals surface area contributed by atoms with Gasteiger partial charge in [0.25, 0.3) is 0 Å². The summed E-state index contributed by atoms with van der Waals surface area (Å²) in [4.78, 5) is 11.7. The summed E-state index contributed by atoms with van der Waals surface area (Å²) in [6.07, 6.45) is 0.519. The van der Waals surface area contributed by atoms with Crippen LogP contribution in [0.25, 0.3) is 0 Å². The van der Waals surface area contributed by atoms with Crippen LogP contribution in [0.4, 0.5) is 5.69 Å². The minimum absolute atomic E-state index is 0.0181. The van der Waals surface area contributed by atoms with Gasteiger partial charge >= 0.3 is 0 Å². The first-order valence-electron chi connectivity index (χ1n) is 7.23. The highest BCUT2D eigenvalue weighted by atomic mass is 16.3. The fourth-order valence-electron chi connectivity index (χ4n) is 2.97. The van der Waals surface area contributed by atoms with Gasteiger partial charge in [-0.3, -0.25) is 4.79 Å². The third-order valence-corrected chi connectivity index (χ3v) is 4.06. The van der Waals surface area contributed by atoms with E-state index in [1.54, 1.807) is 0 Å². The lowest BCUT2D eigenvalue weighted by Crippen LogP contribution is -2.21. The highest BCUT2D eigenvalue weighted by molar-refractivity contribution is 5.95. The molecule has 1 amide bonds. The number of benzene rings is 2. The monoisotopic (exact) mass is 281 g/mol. The van der Waals surface area contributed by atoms with Crippen molar-refractivity contribution in [2.75, 3.05) is 5.32 Å². The summed E-state index contributed by atoms with van der Waals surface area (Å²) < 4.78 is 0. The predicted octanol–water partition coefficient (Wildman–Crippen LogP) is 3.27. The number of aryl methyl sites for hydroxylation is 3. The van der Waals surface area contributed by atoms with Crippen molar-refractivity contribution in [3.8, 4) is 0 Å². The molecule has 1 atom stereocenters. The van der Waals surface area contributed by atoms with Gasteiger partial charge in [0.2, 0.25) is 5.91 Å². The molecule has 0 fully saturated rings. The van der Waals surface area contributed by atoms with Crippen molar-refractivity contribution < 1.29 is 9.90 Å². The van der Waals surface area contributed by atoms with Gasteiger partial charge in [-0.05, 0) is 37.0 Å². The Kier molecular flexibility index (Phi) is 3.52. The zero-order valence-electron chi connectivity index (χ0n) is 12.3. The van der Waals surface area contributed by atoms with Crippen molar-refractivity contribution in [2.45, 2.75) is 32.8 Å². The molecule has 1 heterocycles. The van der Waals surface area contributed by atoms with E-state index in [2.05, 4.69) is 11.4 Å². The first-order valence-corrected chi connectivity index (χ1v) is 7.23. The van der Waals surface area contributed by atoms with E-state index >= 15 is 0 Å². The van der Waals surface area contributed by atoms with Crippen LogP contribution in [0.3, 0.4) is 0 Å². The summed E-state index contributed by atoms with van der Waals surface area (Å²) in [6.45, 7) is 4.00. The van der Waals surface area contributed by atoms with Crippen LogP contribution in [0.2, 0.25) is 0 Å². The molecule has 108 valence electrons. The van der Waals surface area contributed by atoms with Crippen LogP contribution in [0.15, 0.2) is 36.4 Å². The Morgan fingerprint density at radius 3 is 2.62 bits per heavy atom. The molecular formula is C18H19NO2. The van der Waals surface area contributed by atoms with E-state index in [0.29, 0.717) is 6.42 Å². The third-order valence-electron chi connectivity index (χ3n) is 4.06. The second kappa shape index (κ2) is 5.34. The molecule has 0 aliphatic carbocycles. The van der Waals surface area contributed by atoms with Crippen LogP contribution in [-0.4, -0.2) is 11.0 Å². The summed E-state index contributed by atoms with van der Waals surface area (Å²) in [5.41, 5.74) is 5.71. The number of amides is 1. The van der Waals surface area contributed by atoms with Crippen LogP contribution in [0, 0.1) is 13.8 Å². The summed E-state index contributed by atoms with van der Waals surface area (Å²) in [5.74, 6) is 0.0181. The van der Waals surface area contributed by atoms with Crippen LogP contribution >= 0.6 is 0 Å².